The highest BCUT2D eigenvalue weighted by Gasteiger charge is 2.66. The Bertz CT molecular complexity index is 559. The van der Waals surface area contributed by atoms with Crippen LogP contribution in [-0.4, -0.2) is 48.7 Å². The van der Waals surface area contributed by atoms with Crippen LogP contribution >= 0.6 is 0 Å². The van der Waals surface area contributed by atoms with E-state index in [0.717, 1.165) is 0 Å². The average Bonchev–Trinajstić information content (AvgIpc) is 2.94. The zero-order chi connectivity index (χ0) is 16.9. The molecule has 2 rings (SSSR count). The van der Waals surface area contributed by atoms with Crippen LogP contribution in [0.2, 0.25) is 0 Å². The number of carbonyl (C=O) groups excluding carboxylic acids is 1. The average molecular weight is 354 g/mol. The van der Waals surface area contributed by atoms with Gasteiger partial charge >= 0.3 is 27.5 Å². The molecule has 2 heterocycles. The highest BCUT2D eigenvalue weighted by Crippen LogP contribution is 2.42. The number of ether oxygens (including phenoxy) is 2. The summed E-state index contributed by atoms with van der Waals surface area (Å²) >= 11 is 0. The lowest BCUT2D eigenvalue weighted by molar-refractivity contribution is -0.261. The Balaban J connectivity index is 2.19. The first kappa shape index (κ1) is 17.3. The Kier molecular flexibility index (Phi) is 4.15. The maximum absolute atomic E-state index is 13.3. The summed E-state index contributed by atoms with van der Waals surface area (Å²) in [7, 11) is -6.43. The third kappa shape index (κ3) is 3.04. The van der Waals surface area contributed by atoms with Crippen molar-refractivity contribution in [3.8, 4) is 0 Å². The van der Waals surface area contributed by atoms with Gasteiger partial charge in [-0.25, -0.2) is 0 Å². The summed E-state index contributed by atoms with van der Waals surface area (Å²) in [5.74, 6) is -2.79. The molecular formula is C10H11F5O6S. The molecule has 0 aromatic rings. The van der Waals surface area contributed by atoms with Crippen LogP contribution in [0.1, 0.15) is 19.3 Å². The number of carbonyl (C=O) groups is 1. The van der Waals surface area contributed by atoms with Gasteiger partial charge in [0.1, 0.15) is 0 Å². The van der Waals surface area contributed by atoms with E-state index in [9.17, 15) is 35.2 Å². The van der Waals surface area contributed by atoms with E-state index in [-0.39, 0.29) is 12.5 Å². The first-order chi connectivity index (χ1) is 9.84. The van der Waals surface area contributed by atoms with Crippen molar-refractivity contribution in [3.63, 3.8) is 0 Å². The zero-order valence-electron chi connectivity index (χ0n) is 10.7. The highest BCUT2D eigenvalue weighted by molar-refractivity contribution is 7.86. The predicted molar refractivity (Wildman–Crippen MR) is 58.4 cm³/mol. The Morgan fingerprint density at radius 3 is 2.18 bits per heavy atom. The van der Waals surface area contributed by atoms with Crippen LogP contribution < -0.4 is 0 Å². The zero-order valence-corrected chi connectivity index (χ0v) is 11.5. The monoisotopic (exact) mass is 354 g/mol. The lowest BCUT2D eigenvalue weighted by atomic mass is 9.89. The molecule has 12 heteroatoms. The molecule has 4 atom stereocenters. The summed E-state index contributed by atoms with van der Waals surface area (Å²) in [5.41, 5.74) is 0. The third-order valence-corrected chi connectivity index (χ3v) is 4.49. The standard InChI is InChI=1S/C10H11F5O6S/c11-9(12,13)8(10(14,15)22(17,18)19)21-7(16)5-3-4-1-2-6(5)20-4/h4-6,8H,1-3H2,(H,17,18,19). The second kappa shape index (κ2) is 5.27. The minimum Gasteiger partial charge on any atom is -0.444 e. The van der Waals surface area contributed by atoms with Gasteiger partial charge in [0.05, 0.1) is 18.1 Å². The number of rotatable bonds is 4. The Morgan fingerprint density at radius 1 is 1.23 bits per heavy atom. The summed E-state index contributed by atoms with van der Waals surface area (Å²) in [6.07, 6.45) is -10.3. The number of alkyl halides is 5. The first-order valence-electron chi connectivity index (χ1n) is 6.11. The fourth-order valence-electron chi connectivity index (χ4n) is 2.55. The molecule has 0 amide bonds. The van der Waals surface area contributed by atoms with Crippen molar-refractivity contribution in [1.29, 1.82) is 0 Å². The van der Waals surface area contributed by atoms with Crippen LogP contribution in [0.4, 0.5) is 22.0 Å². The molecule has 2 fully saturated rings. The Hall–Kier alpha value is -1.01. The molecule has 128 valence electrons. The van der Waals surface area contributed by atoms with Gasteiger partial charge in [-0.3, -0.25) is 9.35 Å². The van der Waals surface area contributed by atoms with Crippen LogP contribution in [0.3, 0.4) is 0 Å². The second-order valence-corrected chi connectivity index (χ2v) is 6.61. The van der Waals surface area contributed by atoms with Crippen molar-refractivity contribution in [2.45, 2.75) is 49.0 Å². The molecule has 6 nitrogen and oxygen atoms in total. The van der Waals surface area contributed by atoms with Crippen LogP contribution in [0.5, 0.6) is 0 Å². The summed E-state index contributed by atoms with van der Waals surface area (Å²) < 4.78 is 102. The van der Waals surface area contributed by atoms with E-state index < -0.39 is 45.6 Å². The van der Waals surface area contributed by atoms with E-state index in [2.05, 4.69) is 4.74 Å². The number of hydrogen-bond donors (Lipinski definition) is 1. The summed E-state index contributed by atoms with van der Waals surface area (Å²) in [6, 6.07) is 0. The molecule has 2 saturated heterocycles. The van der Waals surface area contributed by atoms with Gasteiger partial charge in [0.15, 0.2) is 0 Å². The van der Waals surface area contributed by atoms with Crippen LogP contribution in [-0.2, 0) is 24.4 Å². The van der Waals surface area contributed by atoms with Gasteiger partial charge in [0, 0.05) is 0 Å². The smallest absolute Gasteiger partial charge is 0.432 e. The van der Waals surface area contributed by atoms with Gasteiger partial charge < -0.3 is 9.47 Å². The number of esters is 1. The Labute approximate surface area is 121 Å². The lowest BCUT2D eigenvalue weighted by Gasteiger charge is -2.28. The normalized spacial score (nSPS) is 30.4. The largest absolute Gasteiger partial charge is 0.444 e. The van der Waals surface area contributed by atoms with Crippen LogP contribution in [0.15, 0.2) is 0 Å². The van der Waals surface area contributed by atoms with E-state index in [1.165, 1.54) is 0 Å². The van der Waals surface area contributed by atoms with Crippen molar-refractivity contribution >= 4 is 16.1 Å². The molecule has 22 heavy (non-hydrogen) atoms. The minimum atomic E-state index is -6.43. The van der Waals surface area contributed by atoms with Crippen molar-refractivity contribution in [1.82, 2.24) is 0 Å². The van der Waals surface area contributed by atoms with Crippen molar-refractivity contribution in [2.75, 3.05) is 0 Å². The second-order valence-electron chi connectivity index (χ2n) is 5.11. The van der Waals surface area contributed by atoms with Crippen LogP contribution in [0, 0.1) is 5.92 Å². The van der Waals surface area contributed by atoms with E-state index in [4.69, 9.17) is 9.29 Å². The van der Waals surface area contributed by atoms with Crippen LogP contribution in [0.25, 0.3) is 0 Å². The van der Waals surface area contributed by atoms with E-state index in [0.29, 0.717) is 12.8 Å². The van der Waals surface area contributed by atoms with Crippen molar-refractivity contribution < 1.29 is 49.2 Å². The van der Waals surface area contributed by atoms with E-state index >= 15 is 0 Å². The van der Waals surface area contributed by atoms with Crippen molar-refractivity contribution in [2.24, 2.45) is 5.92 Å². The number of fused-ring (bicyclic) bond motifs is 2. The molecule has 1 N–H and O–H groups in total. The topological polar surface area (TPSA) is 89.9 Å². The highest BCUT2D eigenvalue weighted by atomic mass is 32.2. The SMILES string of the molecule is O=C(OC(C(F)(F)F)C(F)(F)S(=O)(=O)O)C1CC2CCC1O2. The summed E-state index contributed by atoms with van der Waals surface area (Å²) in [6.45, 7) is 0. The minimum absolute atomic E-state index is 0.0194. The summed E-state index contributed by atoms with van der Waals surface area (Å²) in [4.78, 5) is 11.7. The molecule has 2 aliphatic heterocycles. The van der Waals surface area contributed by atoms with Gasteiger partial charge in [-0.1, -0.05) is 0 Å². The maximum Gasteiger partial charge on any atom is 0.432 e. The van der Waals surface area contributed by atoms with E-state index in [1.54, 1.807) is 0 Å². The molecule has 0 radical (unpaired) electrons. The molecule has 0 aliphatic carbocycles. The third-order valence-electron chi connectivity index (χ3n) is 3.59. The molecule has 0 spiro atoms. The van der Waals surface area contributed by atoms with E-state index in [1.807, 2.05) is 0 Å². The fraction of sp³-hybridized carbons (Fsp3) is 0.900. The van der Waals surface area contributed by atoms with Gasteiger partial charge in [-0.15, -0.1) is 0 Å². The maximum atomic E-state index is 13.3. The lowest BCUT2D eigenvalue weighted by Crippen LogP contribution is -2.53. The molecule has 0 saturated carbocycles. The molecule has 4 unspecified atom stereocenters. The van der Waals surface area contributed by atoms with Gasteiger partial charge in [-0.2, -0.15) is 30.4 Å². The number of hydrogen-bond acceptors (Lipinski definition) is 5. The Morgan fingerprint density at radius 2 is 1.82 bits per heavy atom. The molecule has 0 aromatic carbocycles. The van der Waals surface area contributed by atoms with Crippen molar-refractivity contribution in [3.05, 3.63) is 0 Å². The quantitative estimate of drug-likeness (QED) is 0.468. The predicted octanol–water partition coefficient (Wildman–Crippen LogP) is 1.51. The molecular weight excluding hydrogens is 343 g/mol. The van der Waals surface area contributed by atoms with Gasteiger partial charge in [0.2, 0.25) is 0 Å². The molecule has 0 aromatic heterocycles. The summed E-state index contributed by atoms with van der Waals surface area (Å²) in [5, 5.41) is -5.71. The molecule has 2 bridgehead atoms. The first-order valence-corrected chi connectivity index (χ1v) is 7.55. The van der Waals surface area contributed by atoms with Gasteiger partial charge in [0.25, 0.3) is 6.10 Å². The molecule has 2 aliphatic rings. The fourth-order valence-corrected chi connectivity index (χ4v) is 3.00. The van der Waals surface area contributed by atoms with Gasteiger partial charge in [-0.05, 0) is 19.3 Å². The number of halogens is 5.